The predicted molar refractivity (Wildman–Crippen MR) is 118 cm³/mol. The van der Waals surface area contributed by atoms with Crippen molar-refractivity contribution >= 4 is 38.4 Å². The molecule has 1 aliphatic heterocycles. The maximum atomic E-state index is 12.8. The molecule has 1 aromatic heterocycles. The number of carboxylic acid groups (broad SMARTS) is 1. The van der Waals surface area contributed by atoms with Crippen LogP contribution in [0.4, 0.5) is 5.69 Å². The fourth-order valence-corrected chi connectivity index (χ4v) is 4.96. The molecular formula is C21H20N4O7S. The molecule has 0 aliphatic carbocycles. The van der Waals surface area contributed by atoms with Crippen molar-refractivity contribution in [1.82, 2.24) is 14.1 Å². The summed E-state index contributed by atoms with van der Waals surface area (Å²) in [4.78, 5) is 36.8. The topological polar surface area (TPSA) is 148 Å². The molecule has 1 fully saturated rings. The van der Waals surface area contributed by atoms with Crippen LogP contribution in [-0.2, 0) is 26.1 Å². The van der Waals surface area contributed by atoms with Crippen molar-refractivity contribution in [2.24, 2.45) is 0 Å². The number of carbonyl (C=O) groups excluding carboxylic acids is 1. The molecule has 12 heteroatoms. The Labute approximate surface area is 188 Å². The number of morpholine rings is 1. The smallest absolute Gasteiger partial charge is 0.357 e. The van der Waals surface area contributed by atoms with Crippen LogP contribution in [0.15, 0.2) is 58.2 Å². The Morgan fingerprint density at radius 2 is 1.76 bits per heavy atom. The third kappa shape index (κ3) is 4.62. The lowest BCUT2D eigenvalue weighted by atomic mass is 10.1. The van der Waals surface area contributed by atoms with E-state index in [1.165, 1.54) is 40.7 Å². The summed E-state index contributed by atoms with van der Waals surface area (Å²) in [6.45, 7) is 0.538. The Kier molecular flexibility index (Phi) is 6.22. The molecule has 1 aliphatic rings. The Bertz CT molecular complexity index is 1400. The Hall–Kier alpha value is -3.61. The molecule has 0 atom stereocenters. The fraction of sp³-hybridized carbons (Fsp3) is 0.238. The number of anilines is 1. The van der Waals surface area contributed by atoms with E-state index >= 15 is 0 Å². The molecule has 4 rings (SSSR count). The molecule has 2 aromatic carbocycles. The highest BCUT2D eigenvalue weighted by molar-refractivity contribution is 7.89. The van der Waals surface area contributed by atoms with Crippen molar-refractivity contribution in [2.45, 2.75) is 11.4 Å². The number of aromatic carboxylic acids is 1. The molecule has 0 unspecified atom stereocenters. The number of nitrogens with zero attached hydrogens (tertiary/aromatic N) is 3. The molecular weight excluding hydrogens is 452 g/mol. The van der Waals surface area contributed by atoms with Gasteiger partial charge in [-0.05, 0) is 24.3 Å². The summed E-state index contributed by atoms with van der Waals surface area (Å²) in [7, 11) is -3.76. The summed E-state index contributed by atoms with van der Waals surface area (Å²) < 4.78 is 32.9. The third-order valence-electron chi connectivity index (χ3n) is 5.09. The standard InChI is InChI=1S/C21H20N4O7S/c26-18(13-25-20(27)17-7-2-1-6-16(17)19(23-25)21(28)29)22-14-4-3-5-15(12-14)33(30,31)24-8-10-32-11-9-24/h1-7,12H,8-11,13H2,(H,22,26)(H,28,29). The van der Waals surface area contributed by atoms with Gasteiger partial charge in [-0.25, -0.2) is 17.9 Å². The van der Waals surface area contributed by atoms with Crippen LogP contribution in [-0.4, -0.2) is 65.8 Å². The first kappa shape index (κ1) is 22.6. The molecule has 11 nitrogen and oxygen atoms in total. The number of carbonyl (C=O) groups is 2. The number of benzene rings is 2. The van der Waals surface area contributed by atoms with Crippen LogP contribution in [0.2, 0.25) is 0 Å². The molecule has 0 radical (unpaired) electrons. The van der Waals surface area contributed by atoms with Crippen LogP contribution in [0.5, 0.6) is 0 Å². The van der Waals surface area contributed by atoms with Gasteiger partial charge in [-0.15, -0.1) is 0 Å². The molecule has 0 spiro atoms. The van der Waals surface area contributed by atoms with E-state index in [2.05, 4.69) is 10.4 Å². The number of nitrogens with one attached hydrogen (secondary N) is 1. The number of amides is 1. The van der Waals surface area contributed by atoms with Crippen molar-refractivity contribution in [3.8, 4) is 0 Å². The summed E-state index contributed by atoms with van der Waals surface area (Å²) in [5, 5.41) is 16.1. The normalized spacial score (nSPS) is 14.8. The van der Waals surface area contributed by atoms with Gasteiger partial charge in [0.1, 0.15) is 6.54 Å². The molecule has 3 aromatic rings. The predicted octanol–water partition coefficient (Wildman–Crippen LogP) is 0.754. The number of ether oxygens (including phenoxy) is 1. The van der Waals surface area contributed by atoms with Gasteiger partial charge in [0, 0.05) is 24.2 Å². The molecule has 2 heterocycles. The van der Waals surface area contributed by atoms with Gasteiger partial charge in [-0.1, -0.05) is 24.3 Å². The highest BCUT2D eigenvalue weighted by Crippen LogP contribution is 2.20. The maximum absolute atomic E-state index is 12.8. The SMILES string of the molecule is O=C(Cn1nc(C(=O)O)c2ccccc2c1=O)Nc1cccc(S(=O)(=O)N2CCOCC2)c1. The van der Waals surface area contributed by atoms with Crippen LogP contribution in [0, 0.1) is 0 Å². The largest absolute Gasteiger partial charge is 0.476 e. The van der Waals surface area contributed by atoms with Crippen molar-refractivity contribution < 1.29 is 27.9 Å². The number of carboxylic acids is 1. The van der Waals surface area contributed by atoms with E-state index in [1.54, 1.807) is 12.1 Å². The van der Waals surface area contributed by atoms with Gasteiger partial charge in [0.15, 0.2) is 5.69 Å². The number of rotatable bonds is 6. The Morgan fingerprint density at radius 1 is 1.06 bits per heavy atom. The maximum Gasteiger partial charge on any atom is 0.357 e. The van der Waals surface area contributed by atoms with E-state index in [0.29, 0.717) is 13.2 Å². The Balaban J connectivity index is 1.57. The van der Waals surface area contributed by atoms with Gasteiger partial charge in [0.05, 0.1) is 23.5 Å². The first-order valence-corrected chi connectivity index (χ1v) is 11.4. The van der Waals surface area contributed by atoms with Crippen molar-refractivity contribution in [3.63, 3.8) is 0 Å². The van der Waals surface area contributed by atoms with Gasteiger partial charge in [0.25, 0.3) is 5.56 Å². The number of aromatic nitrogens is 2. The molecule has 172 valence electrons. The second-order valence-electron chi connectivity index (χ2n) is 7.25. The van der Waals surface area contributed by atoms with Gasteiger partial charge >= 0.3 is 5.97 Å². The number of fused-ring (bicyclic) bond motifs is 1. The van der Waals surface area contributed by atoms with Crippen LogP contribution in [0.1, 0.15) is 10.5 Å². The summed E-state index contributed by atoms with van der Waals surface area (Å²) in [5.41, 5.74) is -0.757. The lowest BCUT2D eigenvalue weighted by Gasteiger charge is -2.26. The van der Waals surface area contributed by atoms with Gasteiger partial charge in [-0.2, -0.15) is 9.40 Å². The molecule has 0 saturated carbocycles. The highest BCUT2D eigenvalue weighted by Gasteiger charge is 2.26. The Morgan fingerprint density at radius 3 is 2.45 bits per heavy atom. The summed E-state index contributed by atoms with van der Waals surface area (Å²) in [5.74, 6) is -2.00. The first-order valence-electron chi connectivity index (χ1n) is 9.98. The van der Waals surface area contributed by atoms with E-state index in [9.17, 15) is 27.9 Å². The quantitative estimate of drug-likeness (QED) is 0.534. The second kappa shape index (κ2) is 9.10. The van der Waals surface area contributed by atoms with E-state index in [0.717, 1.165) is 4.68 Å². The first-order chi connectivity index (χ1) is 15.8. The molecule has 1 saturated heterocycles. The van der Waals surface area contributed by atoms with E-state index in [-0.39, 0.29) is 40.1 Å². The van der Waals surface area contributed by atoms with Crippen LogP contribution in [0.3, 0.4) is 0 Å². The van der Waals surface area contributed by atoms with Crippen molar-refractivity contribution in [1.29, 1.82) is 0 Å². The molecule has 33 heavy (non-hydrogen) atoms. The van der Waals surface area contributed by atoms with Crippen LogP contribution in [0.25, 0.3) is 10.8 Å². The zero-order valence-electron chi connectivity index (χ0n) is 17.3. The van der Waals surface area contributed by atoms with Gasteiger partial charge in [-0.3, -0.25) is 9.59 Å². The lowest BCUT2D eigenvalue weighted by Crippen LogP contribution is -2.40. The van der Waals surface area contributed by atoms with E-state index < -0.39 is 34.0 Å². The zero-order valence-corrected chi connectivity index (χ0v) is 18.1. The number of sulfonamides is 1. The monoisotopic (exact) mass is 472 g/mol. The van der Waals surface area contributed by atoms with E-state index in [4.69, 9.17) is 4.74 Å². The fourth-order valence-electron chi connectivity index (χ4n) is 3.51. The molecule has 0 bridgehead atoms. The lowest BCUT2D eigenvalue weighted by molar-refractivity contribution is -0.117. The molecule has 2 N–H and O–H groups in total. The number of hydrogen-bond donors (Lipinski definition) is 2. The van der Waals surface area contributed by atoms with Gasteiger partial charge < -0.3 is 15.2 Å². The summed E-state index contributed by atoms with van der Waals surface area (Å²) in [6.07, 6.45) is 0. The van der Waals surface area contributed by atoms with E-state index in [1.807, 2.05) is 0 Å². The van der Waals surface area contributed by atoms with Crippen LogP contribution >= 0.6 is 0 Å². The average Bonchev–Trinajstić information content (AvgIpc) is 2.81. The zero-order chi connectivity index (χ0) is 23.6. The minimum absolute atomic E-state index is 0.0105. The third-order valence-corrected chi connectivity index (χ3v) is 6.98. The average molecular weight is 472 g/mol. The van der Waals surface area contributed by atoms with Crippen molar-refractivity contribution in [3.05, 3.63) is 64.6 Å². The highest BCUT2D eigenvalue weighted by atomic mass is 32.2. The minimum Gasteiger partial charge on any atom is -0.476 e. The van der Waals surface area contributed by atoms with Crippen molar-refractivity contribution in [2.75, 3.05) is 31.6 Å². The summed E-state index contributed by atoms with van der Waals surface area (Å²) >= 11 is 0. The second-order valence-corrected chi connectivity index (χ2v) is 9.19. The van der Waals surface area contributed by atoms with Crippen LogP contribution < -0.4 is 10.9 Å². The number of hydrogen-bond acceptors (Lipinski definition) is 7. The molecule has 1 amide bonds. The summed E-state index contributed by atoms with van der Waals surface area (Å²) in [6, 6.07) is 11.8. The minimum atomic E-state index is -3.76. The van der Waals surface area contributed by atoms with Gasteiger partial charge in [0.2, 0.25) is 15.9 Å².